The molecule has 2 rings (SSSR count). The van der Waals surface area contributed by atoms with Gasteiger partial charge >= 0.3 is 0 Å². The molecule has 0 aliphatic heterocycles. The molecule has 0 atom stereocenters. The van der Waals surface area contributed by atoms with Crippen molar-refractivity contribution in [2.24, 2.45) is 7.05 Å². The smallest absolute Gasteiger partial charge is 0.128 e. The van der Waals surface area contributed by atoms with Crippen LogP contribution in [0.2, 0.25) is 0 Å². The second kappa shape index (κ2) is 6.28. The van der Waals surface area contributed by atoms with Crippen LogP contribution in [-0.4, -0.2) is 41.9 Å². The highest BCUT2D eigenvalue weighted by Gasteiger charge is 2.14. The second-order valence-electron chi connectivity index (χ2n) is 4.87. The van der Waals surface area contributed by atoms with E-state index in [1.807, 2.05) is 39.3 Å². The van der Waals surface area contributed by atoms with Gasteiger partial charge in [0.05, 0.1) is 16.4 Å². The van der Waals surface area contributed by atoms with Crippen molar-refractivity contribution in [2.45, 2.75) is 0 Å². The van der Waals surface area contributed by atoms with Crippen molar-refractivity contribution in [2.75, 3.05) is 33.0 Å². The molecule has 0 fully saturated rings. The van der Waals surface area contributed by atoms with Gasteiger partial charge in [-0.05, 0) is 48.2 Å². The number of nitrogen functional groups attached to an aromatic ring is 1. The van der Waals surface area contributed by atoms with Gasteiger partial charge in [0.2, 0.25) is 0 Å². The van der Waals surface area contributed by atoms with E-state index in [2.05, 4.69) is 25.9 Å². The number of aryl methyl sites for hydroxylation is 1. The molecule has 2 aromatic rings. The van der Waals surface area contributed by atoms with Crippen LogP contribution < -0.4 is 10.5 Å². The van der Waals surface area contributed by atoms with Crippen molar-refractivity contribution in [1.29, 1.82) is 0 Å². The molecule has 0 saturated heterocycles. The van der Waals surface area contributed by atoms with E-state index in [1.165, 1.54) is 0 Å². The highest BCUT2D eigenvalue weighted by molar-refractivity contribution is 9.10. The number of nitrogens with zero attached hydrogens (tertiary/aromatic N) is 3. The molecule has 0 radical (unpaired) electrons. The SMILES string of the molecule is CN(C)CCOc1ccc(N)cc1-c1c(Br)cnn1C. The predicted molar refractivity (Wildman–Crippen MR) is 84.8 cm³/mol. The van der Waals surface area contributed by atoms with Gasteiger partial charge in [-0.25, -0.2) is 0 Å². The van der Waals surface area contributed by atoms with Crippen molar-refractivity contribution in [3.63, 3.8) is 0 Å². The molecule has 0 bridgehead atoms. The van der Waals surface area contributed by atoms with Gasteiger partial charge in [-0.3, -0.25) is 4.68 Å². The van der Waals surface area contributed by atoms with Crippen molar-refractivity contribution in [3.8, 4) is 17.0 Å². The Kier molecular flexibility index (Phi) is 4.67. The molecular weight excluding hydrogens is 320 g/mol. The minimum absolute atomic E-state index is 0.624. The first-order valence-corrected chi connectivity index (χ1v) is 7.13. The Labute approximate surface area is 127 Å². The van der Waals surface area contributed by atoms with Crippen LogP contribution in [0.4, 0.5) is 5.69 Å². The highest BCUT2D eigenvalue weighted by atomic mass is 79.9. The van der Waals surface area contributed by atoms with E-state index in [9.17, 15) is 0 Å². The number of benzene rings is 1. The minimum atomic E-state index is 0.624. The van der Waals surface area contributed by atoms with Crippen LogP contribution in [-0.2, 0) is 7.05 Å². The normalized spacial score (nSPS) is 11.1. The van der Waals surface area contributed by atoms with E-state index in [-0.39, 0.29) is 0 Å². The van der Waals surface area contributed by atoms with E-state index < -0.39 is 0 Å². The number of nitrogens with two attached hydrogens (primary N) is 1. The average Bonchev–Trinajstić information content (AvgIpc) is 2.70. The van der Waals surface area contributed by atoms with Gasteiger partial charge < -0.3 is 15.4 Å². The van der Waals surface area contributed by atoms with Gasteiger partial charge in [0.1, 0.15) is 12.4 Å². The van der Waals surface area contributed by atoms with Gasteiger partial charge in [0, 0.05) is 24.8 Å². The molecule has 20 heavy (non-hydrogen) atoms. The van der Waals surface area contributed by atoms with Crippen LogP contribution in [0, 0.1) is 0 Å². The summed E-state index contributed by atoms with van der Waals surface area (Å²) in [6, 6.07) is 5.66. The molecule has 0 aliphatic rings. The molecule has 1 aromatic carbocycles. The largest absolute Gasteiger partial charge is 0.492 e. The maximum Gasteiger partial charge on any atom is 0.128 e. The number of hydrogen-bond acceptors (Lipinski definition) is 4. The number of anilines is 1. The average molecular weight is 339 g/mol. The molecular formula is C14H19BrN4O. The molecule has 2 N–H and O–H groups in total. The van der Waals surface area contributed by atoms with E-state index in [0.717, 1.165) is 28.0 Å². The van der Waals surface area contributed by atoms with Crippen LogP contribution in [0.3, 0.4) is 0 Å². The third-order valence-electron chi connectivity index (χ3n) is 2.95. The lowest BCUT2D eigenvalue weighted by molar-refractivity contribution is 0.262. The summed E-state index contributed by atoms with van der Waals surface area (Å²) < 4.78 is 8.60. The fourth-order valence-electron chi connectivity index (χ4n) is 1.91. The summed E-state index contributed by atoms with van der Waals surface area (Å²) in [7, 11) is 5.93. The number of hydrogen-bond donors (Lipinski definition) is 1. The molecule has 1 aromatic heterocycles. The fraction of sp³-hybridized carbons (Fsp3) is 0.357. The van der Waals surface area contributed by atoms with E-state index in [4.69, 9.17) is 10.5 Å². The number of likely N-dealkylation sites (N-methyl/N-ethyl adjacent to an activating group) is 1. The molecule has 5 nitrogen and oxygen atoms in total. The van der Waals surface area contributed by atoms with Gasteiger partial charge in [0.25, 0.3) is 0 Å². The van der Waals surface area contributed by atoms with Gasteiger partial charge in [-0.1, -0.05) is 0 Å². The Morgan fingerprint density at radius 3 is 2.75 bits per heavy atom. The highest BCUT2D eigenvalue weighted by Crippen LogP contribution is 2.35. The van der Waals surface area contributed by atoms with E-state index >= 15 is 0 Å². The fourth-order valence-corrected chi connectivity index (χ4v) is 2.47. The first-order chi connectivity index (χ1) is 9.49. The van der Waals surface area contributed by atoms with Crippen LogP contribution in [0.15, 0.2) is 28.9 Å². The Balaban J connectivity index is 2.34. The zero-order valence-corrected chi connectivity index (χ0v) is 13.5. The molecule has 0 aliphatic carbocycles. The van der Waals surface area contributed by atoms with Gasteiger partial charge in [0.15, 0.2) is 0 Å². The van der Waals surface area contributed by atoms with Crippen LogP contribution in [0.5, 0.6) is 5.75 Å². The molecule has 6 heteroatoms. The lowest BCUT2D eigenvalue weighted by atomic mass is 10.1. The monoisotopic (exact) mass is 338 g/mol. The topological polar surface area (TPSA) is 56.3 Å². The standard InChI is InChI=1S/C14H19BrN4O/c1-18(2)6-7-20-13-5-4-10(16)8-11(13)14-12(15)9-17-19(14)3/h4-5,8-9H,6-7,16H2,1-3H3. The van der Waals surface area contributed by atoms with Crippen LogP contribution in [0.1, 0.15) is 0 Å². The Bertz CT molecular complexity index is 575. The summed E-state index contributed by atoms with van der Waals surface area (Å²) in [4.78, 5) is 2.08. The van der Waals surface area contributed by atoms with Crippen molar-refractivity contribution >= 4 is 21.6 Å². The second-order valence-corrected chi connectivity index (χ2v) is 5.73. The maximum absolute atomic E-state index is 5.90. The number of aromatic nitrogens is 2. The molecule has 108 valence electrons. The number of ether oxygens (including phenoxy) is 1. The van der Waals surface area contributed by atoms with Crippen LogP contribution in [0.25, 0.3) is 11.3 Å². The molecule has 0 amide bonds. The van der Waals surface area contributed by atoms with E-state index in [0.29, 0.717) is 12.3 Å². The molecule has 1 heterocycles. The summed E-state index contributed by atoms with van der Waals surface area (Å²) in [5.74, 6) is 0.811. The predicted octanol–water partition coefficient (Wildman–Crippen LogP) is 2.37. The van der Waals surface area contributed by atoms with Gasteiger partial charge in [-0.2, -0.15) is 5.10 Å². The molecule has 0 unspecified atom stereocenters. The third kappa shape index (κ3) is 3.32. The van der Waals surface area contributed by atoms with Crippen molar-refractivity contribution in [3.05, 3.63) is 28.9 Å². The summed E-state index contributed by atoms with van der Waals surface area (Å²) in [6.07, 6.45) is 1.77. The Morgan fingerprint density at radius 1 is 1.40 bits per heavy atom. The quantitative estimate of drug-likeness (QED) is 0.850. The summed E-state index contributed by atoms with van der Waals surface area (Å²) in [5, 5.41) is 4.24. The van der Waals surface area contributed by atoms with Crippen LogP contribution >= 0.6 is 15.9 Å². The van der Waals surface area contributed by atoms with E-state index in [1.54, 1.807) is 10.9 Å². The first-order valence-electron chi connectivity index (χ1n) is 6.34. The minimum Gasteiger partial charge on any atom is -0.492 e. The van der Waals surface area contributed by atoms with Crippen molar-refractivity contribution in [1.82, 2.24) is 14.7 Å². The van der Waals surface area contributed by atoms with Gasteiger partial charge in [-0.15, -0.1) is 0 Å². The number of rotatable bonds is 5. The zero-order valence-electron chi connectivity index (χ0n) is 11.9. The zero-order chi connectivity index (χ0) is 14.7. The Hall–Kier alpha value is -1.53. The maximum atomic E-state index is 5.90. The van der Waals surface area contributed by atoms with Crippen molar-refractivity contribution < 1.29 is 4.74 Å². The third-order valence-corrected chi connectivity index (χ3v) is 3.53. The first kappa shape index (κ1) is 14.9. The lowest BCUT2D eigenvalue weighted by Crippen LogP contribution is -2.19. The number of halogens is 1. The lowest BCUT2D eigenvalue weighted by Gasteiger charge is -2.15. The Morgan fingerprint density at radius 2 is 2.15 bits per heavy atom. The molecule has 0 spiro atoms. The summed E-state index contributed by atoms with van der Waals surface area (Å²) in [5.41, 5.74) is 8.50. The summed E-state index contributed by atoms with van der Waals surface area (Å²) >= 11 is 3.52. The summed E-state index contributed by atoms with van der Waals surface area (Å²) in [6.45, 7) is 1.48. The molecule has 0 saturated carbocycles.